The molecule has 0 aliphatic heterocycles. The molecule has 0 unspecified atom stereocenters. The van der Waals surface area contributed by atoms with E-state index in [1.54, 1.807) is 42.9 Å². The molecule has 0 saturated heterocycles. The molecular formula is C13H10N4O. The Morgan fingerprint density at radius 1 is 1.00 bits per heavy atom. The number of aromatic nitrogens is 4. The Bertz CT molecular complexity index is 513. The second kappa shape index (κ2) is 6.15. The highest BCUT2D eigenvalue weighted by atomic mass is 16.1. The first-order valence-corrected chi connectivity index (χ1v) is 5.28. The van der Waals surface area contributed by atoms with Gasteiger partial charge in [-0.2, -0.15) is 0 Å². The van der Waals surface area contributed by atoms with Gasteiger partial charge in [-0.3, -0.25) is 4.79 Å². The number of carbonyl (C=O) groups is 1. The third-order valence-electron chi connectivity index (χ3n) is 2.01. The van der Waals surface area contributed by atoms with E-state index in [2.05, 4.69) is 19.9 Å². The van der Waals surface area contributed by atoms with Gasteiger partial charge in [0, 0.05) is 18.6 Å². The summed E-state index contributed by atoms with van der Waals surface area (Å²) in [5, 5.41) is 0. The molecule has 0 aliphatic carbocycles. The summed E-state index contributed by atoms with van der Waals surface area (Å²) in [4.78, 5) is 27.2. The summed E-state index contributed by atoms with van der Waals surface area (Å²) in [5.74, 6) is 0.349. The van der Waals surface area contributed by atoms with Crippen LogP contribution in [0.25, 0.3) is 12.2 Å². The highest BCUT2D eigenvalue weighted by Gasteiger charge is 1.92. The van der Waals surface area contributed by atoms with E-state index in [1.807, 2.05) is 0 Å². The van der Waals surface area contributed by atoms with Crippen LogP contribution in [0.15, 0.2) is 49.2 Å². The molecule has 0 radical (unpaired) electrons. The molecule has 0 spiro atoms. The van der Waals surface area contributed by atoms with Crippen molar-refractivity contribution in [3.63, 3.8) is 0 Å². The zero-order chi connectivity index (χ0) is 12.6. The zero-order valence-electron chi connectivity index (χ0n) is 9.47. The summed E-state index contributed by atoms with van der Waals surface area (Å²) in [6.45, 7) is 0. The van der Waals surface area contributed by atoms with Gasteiger partial charge in [-0.05, 0) is 36.4 Å². The molecule has 5 heteroatoms. The molecule has 2 rings (SSSR count). The van der Waals surface area contributed by atoms with Crippen molar-refractivity contribution < 1.29 is 4.79 Å². The van der Waals surface area contributed by atoms with Crippen LogP contribution in [0.2, 0.25) is 0 Å². The Morgan fingerprint density at radius 2 is 1.78 bits per heavy atom. The maximum atomic E-state index is 11.5. The molecule has 0 amide bonds. The van der Waals surface area contributed by atoms with E-state index in [0.29, 0.717) is 11.5 Å². The molecule has 18 heavy (non-hydrogen) atoms. The predicted octanol–water partition coefficient (Wildman–Crippen LogP) is 1.56. The number of hydrogen-bond acceptors (Lipinski definition) is 5. The molecule has 88 valence electrons. The number of ketones is 1. The van der Waals surface area contributed by atoms with Crippen LogP contribution in [0, 0.1) is 0 Å². The third-order valence-corrected chi connectivity index (χ3v) is 2.01. The maximum absolute atomic E-state index is 11.5. The van der Waals surface area contributed by atoms with Gasteiger partial charge < -0.3 is 0 Å². The van der Waals surface area contributed by atoms with E-state index in [1.165, 1.54) is 18.5 Å². The highest BCUT2D eigenvalue weighted by Crippen LogP contribution is 1.97. The van der Waals surface area contributed by atoms with Gasteiger partial charge in [-0.1, -0.05) is 0 Å². The van der Waals surface area contributed by atoms with Crippen molar-refractivity contribution in [3.8, 4) is 0 Å². The standard InChI is InChI=1S/C13H10N4O/c18-12(3-2-11-6-9-14-10-17-11)4-5-13-15-7-1-8-16-13/h1-10H. The molecule has 0 saturated carbocycles. The van der Waals surface area contributed by atoms with E-state index in [-0.39, 0.29) is 5.78 Å². The molecule has 0 bridgehead atoms. The molecule has 2 aromatic heterocycles. The van der Waals surface area contributed by atoms with Gasteiger partial charge in [0.25, 0.3) is 0 Å². The van der Waals surface area contributed by atoms with Crippen LogP contribution >= 0.6 is 0 Å². The van der Waals surface area contributed by atoms with Crippen LogP contribution in [0.1, 0.15) is 11.5 Å². The number of allylic oxidation sites excluding steroid dienone is 2. The minimum atomic E-state index is -0.152. The smallest absolute Gasteiger partial charge is 0.178 e. The Morgan fingerprint density at radius 3 is 2.50 bits per heavy atom. The van der Waals surface area contributed by atoms with Crippen LogP contribution in [-0.4, -0.2) is 25.7 Å². The topological polar surface area (TPSA) is 68.6 Å². The lowest BCUT2D eigenvalue weighted by Crippen LogP contribution is -1.88. The lowest BCUT2D eigenvalue weighted by atomic mass is 10.3. The second-order valence-corrected chi connectivity index (χ2v) is 3.31. The quantitative estimate of drug-likeness (QED) is 0.756. The van der Waals surface area contributed by atoms with E-state index in [9.17, 15) is 4.79 Å². The number of rotatable bonds is 4. The first kappa shape index (κ1) is 11.8. The SMILES string of the molecule is O=C(C=Cc1ccncn1)C=Cc1ncccn1. The fourth-order valence-corrected chi connectivity index (χ4v) is 1.18. The first-order chi connectivity index (χ1) is 8.84. The summed E-state index contributed by atoms with van der Waals surface area (Å²) in [6.07, 6.45) is 12.3. The third kappa shape index (κ3) is 3.71. The largest absolute Gasteiger partial charge is 0.290 e. The first-order valence-electron chi connectivity index (χ1n) is 5.28. The summed E-state index contributed by atoms with van der Waals surface area (Å²) < 4.78 is 0. The average molecular weight is 238 g/mol. The molecule has 0 N–H and O–H groups in total. The summed E-state index contributed by atoms with van der Waals surface area (Å²) in [5.41, 5.74) is 0.683. The molecule has 0 aromatic carbocycles. The highest BCUT2D eigenvalue weighted by molar-refractivity contribution is 6.04. The van der Waals surface area contributed by atoms with Crippen molar-refractivity contribution in [2.75, 3.05) is 0 Å². The minimum absolute atomic E-state index is 0.152. The van der Waals surface area contributed by atoms with E-state index in [0.717, 1.165) is 0 Å². The fraction of sp³-hybridized carbons (Fsp3) is 0. The number of hydrogen-bond donors (Lipinski definition) is 0. The average Bonchev–Trinajstić information content (AvgIpc) is 2.45. The Kier molecular flexibility index (Phi) is 4.02. The summed E-state index contributed by atoms with van der Waals surface area (Å²) in [6, 6.07) is 3.43. The number of nitrogens with zero attached hydrogens (tertiary/aromatic N) is 4. The maximum Gasteiger partial charge on any atom is 0.178 e. The zero-order valence-corrected chi connectivity index (χ0v) is 9.47. The monoisotopic (exact) mass is 238 g/mol. The Hall–Kier alpha value is -2.69. The van der Waals surface area contributed by atoms with Gasteiger partial charge in [0.15, 0.2) is 11.6 Å². The van der Waals surface area contributed by atoms with Gasteiger partial charge in [-0.25, -0.2) is 19.9 Å². The van der Waals surface area contributed by atoms with Crippen molar-refractivity contribution in [3.05, 3.63) is 60.7 Å². The summed E-state index contributed by atoms with van der Waals surface area (Å²) >= 11 is 0. The lowest BCUT2D eigenvalue weighted by Gasteiger charge is -1.89. The van der Waals surface area contributed by atoms with Crippen LogP contribution in [0.3, 0.4) is 0 Å². The summed E-state index contributed by atoms with van der Waals surface area (Å²) in [7, 11) is 0. The van der Waals surface area contributed by atoms with E-state index < -0.39 is 0 Å². The Balaban J connectivity index is 1.97. The van der Waals surface area contributed by atoms with Gasteiger partial charge in [-0.15, -0.1) is 0 Å². The lowest BCUT2D eigenvalue weighted by molar-refractivity contribution is -0.110. The molecule has 0 aliphatic rings. The van der Waals surface area contributed by atoms with Crippen molar-refractivity contribution in [1.82, 2.24) is 19.9 Å². The normalized spacial score (nSPS) is 11.1. The Labute approximate surface area is 104 Å². The molecule has 0 fully saturated rings. The van der Waals surface area contributed by atoms with Crippen LogP contribution < -0.4 is 0 Å². The molecule has 2 aromatic rings. The van der Waals surface area contributed by atoms with Crippen molar-refractivity contribution >= 4 is 17.9 Å². The molecular weight excluding hydrogens is 228 g/mol. The van der Waals surface area contributed by atoms with Crippen molar-refractivity contribution in [2.45, 2.75) is 0 Å². The van der Waals surface area contributed by atoms with E-state index >= 15 is 0 Å². The van der Waals surface area contributed by atoms with Gasteiger partial charge >= 0.3 is 0 Å². The second-order valence-electron chi connectivity index (χ2n) is 3.31. The molecule has 5 nitrogen and oxygen atoms in total. The minimum Gasteiger partial charge on any atom is -0.290 e. The molecule has 0 atom stereocenters. The van der Waals surface area contributed by atoms with Gasteiger partial charge in [0.2, 0.25) is 0 Å². The van der Waals surface area contributed by atoms with E-state index in [4.69, 9.17) is 0 Å². The van der Waals surface area contributed by atoms with Gasteiger partial charge in [0.1, 0.15) is 6.33 Å². The van der Waals surface area contributed by atoms with Crippen LogP contribution in [0.4, 0.5) is 0 Å². The van der Waals surface area contributed by atoms with Gasteiger partial charge in [0.05, 0.1) is 5.69 Å². The molecule has 2 heterocycles. The van der Waals surface area contributed by atoms with Crippen molar-refractivity contribution in [2.24, 2.45) is 0 Å². The van der Waals surface area contributed by atoms with Crippen LogP contribution in [0.5, 0.6) is 0 Å². The predicted molar refractivity (Wildman–Crippen MR) is 67.1 cm³/mol. The van der Waals surface area contributed by atoms with Crippen molar-refractivity contribution in [1.29, 1.82) is 0 Å². The number of carbonyl (C=O) groups excluding carboxylic acids is 1. The fourth-order valence-electron chi connectivity index (χ4n) is 1.18. The van der Waals surface area contributed by atoms with Crippen LogP contribution in [-0.2, 0) is 4.79 Å².